The molecule has 0 atom stereocenters. The second-order valence-corrected chi connectivity index (χ2v) is 8.31. The van der Waals surface area contributed by atoms with Gasteiger partial charge in [0.2, 0.25) is 11.8 Å². The van der Waals surface area contributed by atoms with E-state index in [4.69, 9.17) is 4.94 Å². The number of carbonyl (C=O) groups excluding carboxylic acids is 2. The molecule has 5 nitrogen and oxygen atoms in total. The molecule has 0 heterocycles. The van der Waals surface area contributed by atoms with E-state index in [1.807, 2.05) is 0 Å². The number of hydrogen-bond acceptors (Lipinski definition) is 3. The predicted molar refractivity (Wildman–Crippen MR) is 135 cm³/mol. The third-order valence-corrected chi connectivity index (χ3v) is 5.34. The van der Waals surface area contributed by atoms with Crippen molar-refractivity contribution in [2.24, 2.45) is 0 Å². The van der Waals surface area contributed by atoms with Crippen LogP contribution in [0.15, 0.2) is 0 Å². The zero-order chi connectivity index (χ0) is 21.4. The van der Waals surface area contributed by atoms with E-state index in [2.05, 4.69) is 24.8 Å². The molecule has 31 heavy (non-hydrogen) atoms. The van der Waals surface area contributed by atoms with Crippen LogP contribution in [-0.2, 0) is 14.5 Å². The van der Waals surface area contributed by atoms with Crippen LogP contribution in [0.5, 0.6) is 0 Å². The van der Waals surface area contributed by atoms with Gasteiger partial charge in [-0.3, -0.25) is 9.59 Å². The number of carbonyl (C=O) groups is 2. The normalized spacial score (nSPS) is 10.1. The maximum atomic E-state index is 11.7. The van der Waals surface area contributed by atoms with Crippen molar-refractivity contribution in [1.29, 1.82) is 0 Å². The molecule has 0 saturated carbocycles. The fourth-order valence-electron chi connectivity index (χ4n) is 3.43. The van der Waals surface area contributed by atoms with Crippen molar-refractivity contribution in [1.82, 2.24) is 11.0 Å². The molecule has 2 N–H and O–H groups in total. The summed E-state index contributed by atoms with van der Waals surface area (Å²) in [5, 5.41) is 0. The van der Waals surface area contributed by atoms with E-state index in [1.54, 1.807) is 0 Å². The first-order valence-electron chi connectivity index (χ1n) is 12.4. The standard InChI is InChI=1S/C24H48N2O3.2Na.2H/c1-3-5-7-9-11-13-15-17-19-21-23(27)25-29-26-24(28)22-20-18-16-14-12-10-8-6-4-2;;;;/h3-22H2,1-2H3,(H,25,27)(H,26,28);;;;. The maximum absolute atomic E-state index is 11.7. The van der Waals surface area contributed by atoms with Crippen molar-refractivity contribution in [3.05, 3.63) is 0 Å². The van der Waals surface area contributed by atoms with Gasteiger partial charge in [-0.25, -0.2) is 11.0 Å². The Morgan fingerprint density at radius 3 is 1.03 bits per heavy atom. The fourth-order valence-corrected chi connectivity index (χ4v) is 3.43. The predicted octanol–water partition coefficient (Wildman–Crippen LogP) is 5.61. The van der Waals surface area contributed by atoms with Gasteiger partial charge in [0.05, 0.1) is 0 Å². The minimum atomic E-state index is -0.170. The molecule has 0 aliphatic heterocycles. The van der Waals surface area contributed by atoms with Crippen LogP contribution in [0.3, 0.4) is 0 Å². The number of unbranched alkanes of at least 4 members (excludes halogenated alkanes) is 16. The molecular formula is C24H50N2Na2O3. The summed E-state index contributed by atoms with van der Waals surface area (Å²) in [5.41, 5.74) is 4.61. The Hall–Kier alpha value is 0.900. The van der Waals surface area contributed by atoms with Gasteiger partial charge >= 0.3 is 59.1 Å². The summed E-state index contributed by atoms with van der Waals surface area (Å²) in [6.45, 7) is 4.47. The van der Waals surface area contributed by atoms with E-state index >= 15 is 0 Å². The van der Waals surface area contributed by atoms with E-state index in [0.29, 0.717) is 12.8 Å². The van der Waals surface area contributed by atoms with Crippen molar-refractivity contribution in [2.45, 2.75) is 142 Å². The van der Waals surface area contributed by atoms with Crippen LogP contribution in [0, 0.1) is 0 Å². The van der Waals surface area contributed by atoms with E-state index < -0.39 is 0 Å². The summed E-state index contributed by atoms with van der Waals surface area (Å²) in [4.78, 5) is 28.2. The number of rotatable bonds is 22. The summed E-state index contributed by atoms with van der Waals surface area (Å²) in [6, 6.07) is 0. The average molecular weight is 461 g/mol. The van der Waals surface area contributed by atoms with E-state index in [0.717, 1.165) is 25.7 Å². The van der Waals surface area contributed by atoms with Crippen molar-refractivity contribution < 1.29 is 14.5 Å². The van der Waals surface area contributed by atoms with Crippen LogP contribution in [0.25, 0.3) is 0 Å². The average Bonchev–Trinajstić information content (AvgIpc) is 2.71. The van der Waals surface area contributed by atoms with Crippen LogP contribution >= 0.6 is 0 Å². The molecule has 0 bridgehead atoms. The number of amides is 2. The second-order valence-electron chi connectivity index (χ2n) is 8.31. The third-order valence-electron chi connectivity index (χ3n) is 5.34. The van der Waals surface area contributed by atoms with Gasteiger partial charge in [-0.05, 0) is 12.8 Å². The topological polar surface area (TPSA) is 67.4 Å². The Kier molecular flexibility index (Phi) is 36.4. The molecule has 0 aromatic heterocycles. The van der Waals surface area contributed by atoms with Crippen molar-refractivity contribution in [2.75, 3.05) is 0 Å². The van der Waals surface area contributed by atoms with E-state index in [-0.39, 0.29) is 70.9 Å². The SMILES string of the molecule is CCCCCCCCCCCC(=O)NONC(=O)CCCCCCCCCCC.[NaH].[NaH]. The zero-order valence-electron chi connectivity index (χ0n) is 19.4. The van der Waals surface area contributed by atoms with E-state index in [1.165, 1.54) is 89.9 Å². The molecule has 0 rings (SSSR count). The van der Waals surface area contributed by atoms with Gasteiger partial charge in [0, 0.05) is 12.8 Å². The summed E-state index contributed by atoms with van der Waals surface area (Å²) in [5.74, 6) is -0.340. The van der Waals surface area contributed by atoms with Crippen LogP contribution in [0.2, 0.25) is 0 Å². The van der Waals surface area contributed by atoms with Gasteiger partial charge in [-0.2, -0.15) is 4.94 Å². The molecule has 7 heteroatoms. The summed E-state index contributed by atoms with van der Waals surface area (Å²) in [6.07, 6.45) is 22.9. The van der Waals surface area contributed by atoms with E-state index in [9.17, 15) is 9.59 Å². The van der Waals surface area contributed by atoms with Crippen molar-refractivity contribution in [3.8, 4) is 0 Å². The van der Waals surface area contributed by atoms with Gasteiger partial charge < -0.3 is 0 Å². The molecule has 0 aromatic carbocycles. The minimum absolute atomic E-state index is 0. The van der Waals surface area contributed by atoms with Crippen molar-refractivity contribution >= 4 is 70.9 Å². The summed E-state index contributed by atoms with van der Waals surface area (Å²) >= 11 is 0. The van der Waals surface area contributed by atoms with Crippen LogP contribution in [-0.4, -0.2) is 70.9 Å². The molecule has 0 spiro atoms. The first kappa shape index (κ1) is 36.5. The second kappa shape index (κ2) is 30.9. The van der Waals surface area contributed by atoms with Gasteiger partial charge in [0.1, 0.15) is 0 Å². The van der Waals surface area contributed by atoms with Gasteiger partial charge in [0.25, 0.3) is 0 Å². The van der Waals surface area contributed by atoms with Crippen LogP contribution in [0.4, 0.5) is 0 Å². The fraction of sp³-hybridized carbons (Fsp3) is 0.917. The molecule has 0 fully saturated rings. The summed E-state index contributed by atoms with van der Waals surface area (Å²) in [7, 11) is 0. The quantitative estimate of drug-likeness (QED) is 0.125. The molecule has 0 aliphatic rings. The van der Waals surface area contributed by atoms with Crippen LogP contribution < -0.4 is 11.0 Å². The third kappa shape index (κ3) is 30.9. The molecule has 0 saturated heterocycles. The molecule has 2 amide bonds. The number of hydrogen-bond donors (Lipinski definition) is 2. The Labute approximate surface area is 236 Å². The first-order chi connectivity index (χ1) is 14.2. The summed E-state index contributed by atoms with van der Waals surface area (Å²) < 4.78 is 0. The van der Waals surface area contributed by atoms with Gasteiger partial charge in [-0.1, -0.05) is 117 Å². The Bertz CT molecular complexity index is 352. The Morgan fingerprint density at radius 1 is 0.484 bits per heavy atom. The Balaban J connectivity index is -0.00000392. The van der Waals surface area contributed by atoms with Crippen molar-refractivity contribution in [3.63, 3.8) is 0 Å². The zero-order valence-corrected chi connectivity index (χ0v) is 19.4. The van der Waals surface area contributed by atoms with Gasteiger partial charge in [-0.15, -0.1) is 0 Å². The monoisotopic (exact) mass is 460 g/mol. The molecule has 176 valence electrons. The molecule has 0 radical (unpaired) electrons. The molecule has 0 aromatic rings. The number of hydroxylamine groups is 2. The molecular weight excluding hydrogens is 410 g/mol. The molecule has 0 aliphatic carbocycles. The Morgan fingerprint density at radius 2 is 0.742 bits per heavy atom. The number of nitrogens with one attached hydrogen (secondary N) is 2. The first-order valence-corrected chi connectivity index (χ1v) is 12.4. The van der Waals surface area contributed by atoms with Gasteiger partial charge in [0.15, 0.2) is 0 Å². The molecule has 0 unspecified atom stereocenters. The van der Waals surface area contributed by atoms with Crippen LogP contribution in [0.1, 0.15) is 142 Å².